The molecule has 0 saturated carbocycles. The lowest BCUT2D eigenvalue weighted by atomic mass is 10.1. The predicted octanol–water partition coefficient (Wildman–Crippen LogP) is 5.64. The van der Waals surface area contributed by atoms with Crippen molar-refractivity contribution in [3.63, 3.8) is 0 Å². The Bertz CT molecular complexity index is 1470. The molecule has 3 aromatic carbocycles. The number of aryl methyl sites for hydroxylation is 1. The molecule has 0 aromatic heterocycles. The molecule has 0 aliphatic carbocycles. The van der Waals surface area contributed by atoms with Gasteiger partial charge in [-0.15, -0.1) is 0 Å². The zero-order valence-electron chi connectivity index (χ0n) is 19.2. The summed E-state index contributed by atoms with van der Waals surface area (Å²) in [4.78, 5) is 51.4. The largest absolute Gasteiger partial charge is 0.483 e. The highest BCUT2D eigenvalue weighted by Gasteiger charge is 2.37. The topological polar surface area (TPSA) is 105 Å². The van der Waals surface area contributed by atoms with Crippen molar-refractivity contribution < 1.29 is 23.9 Å². The third kappa shape index (κ3) is 6.11. The maximum atomic E-state index is 13.2. The first kappa shape index (κ1) is 26.2. The summed E-state index contributed by atoms with van der Waals surface area (Å²) >= 11 is 18.1. The molecule has 5 amide bonds. The molecule has 3 aromatic rings. The van der Waals surface area contributed by atoms with Gasteiger partial charge in [-0.3, -0.25) is 19.7 Å². The van der Waals surface area contributed by atoms with Crippen molar-refractivity contribution in [3.8, 4) is 5.75 Å². The first-order valence-electron chi connectivity index (χ1n) is 10.8. The zero-order valence-corrected chi connectivity index (χ0v) is 21.4. The number of amides is 5. The molecule has 11 heteroatoms. The number of barbiturate groups is 1. The van der Waals surface area contributed by atoms with Crippen LogP contribution >= 0.6 is 34.8 Å². The van der Waals surface area contributed by atoms with Gasteiger partial charge in [-0.2, -0.15) is 0 Å². The van der Waals surface area contributed by atoms with Gasteiger partial charge in [-0.05, 0) is 67.1 Å². The van der Waals surface area contributed by atoms with E-state index in [0.717, 1.165) is 10.5 Å². The highest BCUT2D eigenvalue weighted by atomic mass is 35.5. The molecule has 1 fully saturated rings. The van der Waals surface area contributed by atoms with Crippen molar-refractivity contribution in [1.29, 1.82) is 0 Å². The fourth-order valence-electron chi connectivity index (χ4n) is 3.50. The molecule has 1 aliphatic heterocycles. The van der Waals surface area contributed by atoms with E-state index >= 15 is 0 Å². The Morgan fingerprint density at radius 2 is 1.78 bits per heavy atom. The number of carbonyl (C=O) groups is 4. The molecule has 0 unspecified atom stereocenters. The van der Waals surface area contributed by atoms with Crippen LogP contribution in [0, 0.1) is 6.92 Å². The van der Waals surface area contributed by atoms with E-state index in [0.29, 0.717) is 10.7 Å². The highest BCUT2D eigenvalue weighted by Crippen LogP contribution is 2.31. The second kappa shape index (κ2) is 11.0. The third-order valence-corrected chi connectivity index (χ3v) is 6.17. The number of rotatable bonds is 6. The van der Waals surface area contributed by atoms with E-state index in [2.05, 4.69) is 10.6 Å². The molecule has 4 rings (SSSR count). The Labute approximate surface area is 226 Å². The molecule has 1 saturated heterocycles. The van der Waals surface area contributed by atoms with Crippen LogP contribution in [0.3, 0.4) is 0 Å². The molecule has 188 valence electrons. The van der Waals surface area contributed by atoms with Crippen molar-refractivity contribution in [1.82, 2.24) is 5.32 Å². The van der Waals surface area contributed by atoms with Gasteiger partial charge in [-0.1, -0.05) is 46.9 Å². The zero-order chi connectivity index (χ0) is 26.7. The monoisotopic (exact) mass is 557 g/mol. The lowest BCUT2D eigenvalue weighted by molar-refractivity contribution is -0.122. The van der Waals surface area contributed by atoms with E-state index in [1.165, 1.54) is 42.5 Å². The number of nitrogens with one attached hydrogen (secondary N) is 2. The number of hydrogen-bond donors (Lipinski definition) is 2. The van der Waals surface area contributed by atoms with Gasteiger partial charge in [0.1, 0.15) is 11.3 Å². The van der Waals surface area contributed by atoms with Crippen molar-refractivity contribution >= 4 is 76.0 Å². The van der Waals surface area contributed by atoms with Crippen LogP contribution in [0.4, 0.5) is 16.2 Å². The van der Waals surface area contributed by atoms with E-state index in [-0.39, 0.29) is 39.2 Å². The molecule has 0 spiro atoms. The second-order valence-electron chi connectivity index (χ2n) is 7.94. The van der Waals surface area contributed by atoms with Crippen molar-refractivity contribution in [3.05, 3.63) is 92.4 Å². The third-order valence-electron chi connectivity index (χ3n) is 5.20. The SMILES string of the molecule is Cc1cccc(NC(=O)COc2ccc(Cl)cc2/C=C2\C(=O)NC(=O)N(c3ccc(Cl)c(Cl)c3)C2=O)c1. The maximum absolute atomic E-state index is 13.2. The van der Waals surface area contributed by atoms with Gasteiger partial charge in [0.2, 0.25) is 0 Å². The number of hydrogen-bond acceptors (Lipinski definition) is 5. The molecule has 2 N–H and O–H groups in total. The molecular weight excluding hydrogens is 541 g/mol. The number of urea groups is 1. The van der Waals surface area contributed by atoms with Gasteiger partial charge in [0.15, 0.2) is 6.61 Å². The van der Waals surface area contributed by atoms with E-state index in [9.17, 15) is 19.2 Å². The summed E-state index contributed by atoms with van der Waals surface area (Å²) in [6.45, 7) is 1.55. The lowest BCUT2D eigenvalue weighted by Gasteiger charge is -2.26. The quantitative estimate of drug-likeness (QED) is 0.301. The Morgan fingerprint density at radius 1 is 1.00 bits per heavy atom. The second-order valence-corrected chi connectivity index (χ2v) is 9.20. The lowest BCUT2D eigenvalue weighted by Crippen LogP contribution is -2.54. The van der Waals surface area contributed by atoms with E-state index < -0.39 is 23.8 Å². The summed E-state index contributed by atoms with van der Waals surface area (Å²) in [5, 5.41) is 5.50. The van der Waals surface area contributed by atoms with Crippen LogP contribution in [0.5, 0.6) is 5.75 Å². The van der Waals surface area contributed by atoms with E-state index in [1.54, 1.807) is 6.07 Å². The van der Waals surface area contributed by atoms with Gasteiger partial charge in [-0.25, -0.2) is 9.69 Å². The van der Waals surface area contributed by atoms with Gasteiger partial charge >= 0.3 is 6.03 Å². The standard InChI is InChI=1S/C26H18Cl3N3O5/c1-14-3-2-4-17(9-14)30-23(33)13-37-22-8-5-16(27)10-15(22)11-19-24(34)31-26(36)32(25(19)35)18-6-7-20(28)21(29)12-18/h2-12H,13H2,1H3,(H,30,33)(H,31,34,36)/b19-11+. The summed E-state index contributed by atoms with van der Waals surface area (Å²) in [6.07, 6.45) is 1.23. The average molecular weight is 559 g/mol. The van der Waals surface area contributed by atoms with Crippen molar-refractivity contribution in [2.24, 2.45) is 0 Å². The molecule has 37 heavy (non-hydrogen) atoms. The number of halogens is 3. The van der Waals surface area contributed by atoms with Crippen LogP contribution < -0.4 is 20.3 Å². The smallest absolute Gasteiger partial charge is 0.335 e. The fraction of sp³-hybridized carbons (Fsp3) is 0.0769. The Balaban J connectivity index is 1.59. The molecule has 1 heterocycles. The molecule has 0 atom stereocenters. The van der Waals surface area contributed by atoms with Crippen molar-refractivity contribution in [2.45, 2.75) is 6.92 Å². The van der Waals surface area contributed by atoms with Crippen LogP contribution in [0.15, 0.2) is 66.2 Å². The van der Waals surface area contributed by atoms with Gasteiger partial charge in [0, 0.05) is 16.3 Å². The Hall–Kier alpha value is -3.85. The fourth-order valence-corrected chi connectivity index (χ4v) is 3.97. The summed E-state index contributed by atoms with van der Waals surface area (Å²) in [7, 11) is 0. The Kier molecular flexibility index (Phi) is 7.83. The van der Waals surface area contributed by atoms with Gasteiger partial charge in [0.05, 0.1) is 15.7 Å². The normalized spacial score (nSPS) is 14.5. The highest BCUT2D eigenvalue weighted by molar-refractivity contribution is 6.43. The van der Waals surface area contributed by atoms with Gasteiger partial charge < -0.3 is 10.1 Å². The Morgan fingerprint density at radius 3 is 2.51 bits per heavy atom. The van der Waals surface area contributed by atoms with Crippen LogP contribution in [0.1, 0.15) is 11.1 Å². The number of ether oxygens (including phenoxy) is 1. The molecule has 8 nitrogen and oxygen atoms in total. The summed E-state index contributed by atoms with van der Waals surface area (Å²) in [5.74, 6) is -2.03. The molecule has 1 aliphatic rings. The van der Waals surface area contributed by atoms with Crippen molar-refractivity contribution in [2.75, 3.05) is 16.8 Å². The van der Waals surface area contributed by atoms with E-state index in [1.807, 2.05) is 25.1 Å². The number of benzene rings is 3. The number of carbonyl (C=O) groups excluding carboxylic acids is 4. The maximum Gasteiger partial charge on any atom is 0.335 e. The van der Waals surface area contributed by atoms with Crippen LogP contribution in [0.25, 0.3) is 6.08 Å². The average Bonchev–Trinajstić information content (AvgIpc) is 2.83. The first-order chi connectivity index (χ1) is 17.6. The minimum atomic E-state index is -0.944. The van der Waals surface area contributed by atoms with Crippen LogP contribution in [-0.2, 0) is 14.4 Å². The summed E-state index contributed by atoms with van der Waals surface area (Å²) < 4.78 is 5.66. The molecule has 0 radical (unpaired) electrons. The minimum Gasteiger partial charge on any atom is -0.483 e. The van der Waals surface area contributed by atoms with Crippen LogP contribution in [0.2, 0.25) is 15.1 Å². The first-order valence-corrected chi connectivity index (χ1v) is 11.9. The predicted molar refractivity (Wildman–Crippen MR) is 142 cm³/mol. The minimum absolute atomic E-state index is 0.116. The molecular formula is C26H18Cl3N3O5. The summed E-state index contributed by atoms with van der Waals surface area (Å²) in [5.41, 5.74) is 1.60. The molecule has 0 bridgehead atoms. The van der Waals surface area contributed by atoms with Crippen LogP contribution in [-0.4, -0.2) is 30.4 Å². The number of imide groups is 2. The van der Waals surface area contributed by atoms with Gasteiger partial charge in [0.25, 0.3) is 17.7 Å². The number of anilines is 2. The number of nitrogens with zero attached hydrogens (tertiary/aromatic N) is 1. The summed E-state index contributed by atoms with van der Waals surface area (Å²) in [6, 6.07) is 15.0. The van der Waals surface area contributed by atoms with E-state index in [4.69, 9.17) is 39.5 Å².